The minimum absolute atomic E-state index is 0.233. The molecule has 0 fully saturated rings. The number of amides is 1. The number of fused-ring (bicyclic) bond motifs is 3. The van der Waals surface area contributed by atoms with Crippen molar-refractivity contribution in [1.82, 2.24) is 10.1 Å². The number of aromatic nitrogens is 3. The summed E-state index contributed by atoms with van der Waals surface area (Å²) in [5, 5.41) is 18.5. The van der Waals surface area contributed by atoms with Crippen molar-refractivity contribution < 1.29 is 28.9 Å². The number of benzene rings is 2. The second-order valence-electron chi connectivity index (χ2n) is 8.33. The van der Waals surface area contributed by atoms with Crippen LogP contribution in [0.5, 0.6) is 17.4 Å². The van der Waals surface area contributed by atoms with E-state index >= 15 is 0 Å². The van der Waals surface area contributed by atoms with Gasteiger partial charge in [-0.2, -0.15) is 0 Å². The lowest BCUT2D eigenvalue weighted by Gasteiger charge is -2.33. The highest BCUT2D eigenvalue weighted by molar-refractivity contribution is 9.10. The third-order valence-corrected chi connectivity index (χ3v) is 7.17. The van der Waals surface area contributed by atoms with E-state index in [1.165, 1.54) is 25.6 Å². The molecule has 0 radical (unpaired) electrons. The fourth-order valence-corrected chi connectivity index (χ4v) is 5.64. The van der Waals surface area contributed by atoms with E-state index in [0.29, 0.717) is 38.8 Å². The van der Waals surface area contributed by atoms with Crippen LogP contribution in [0, 0.1) is 0 Å². The maximum atomic E-state index is 13.4. The third-order valence-electron chi connectivity index (χ3n) is 5.66. The molecule has 0 aliphatic carbocycles. The zero-order chi connectivity index (χ0) is 26.7. The lowest BCUT2D eigenvalue weighted by Crippen LogP contribution is -2.58. The molecule has 4 rings (SSSR count). The summed E-state index contributed by atoms with van der Waals surface area (Å²) in [6.07, 6.45) is 1.15. The van der Waals surface area contributed by atoms with Crippen molar-refractivity contribution in [1.29, 1.82) is 0 Å². The number of nitrogens with zero attached hydrogens (tertiary/aromatic N) is 4. The minimum Gasteiger partial charge on any atom is -0.854 e. The van der Waals surface area contributed by atoms with Gasteiger partial charge in [0, 0.05) is 24.7 Å². The van der Waals surface area contributed by atoms with Crippen LogP contribution in [0.2, 0.25) is 0 Å². The van der Waals surface area contributed by atoms with Gasteiger partial charge in [0.25, 0.3) is 17.0 Å². The Labute approximate surface area is 227 Å². The lowest BCUT2D eigenvalue weighted by molar-refractivity contribution is -0.764. The van der Waals surface area contributed by atoms with Crippen molar-refractivity contribution >= 4 is 45.3 Å². The Morgan fingerprint density at radius 3 is 2.65 bits per heavy atom. The van der Waals surface area contributed by atoms with Crippen LogP contribution in [0.4, 0.5) is 5.69 Å². The van der Waals surface area contributed by atoms with Gasteiger partial charge in [-0.15, -0.1) is 0 Å². The van der Waals surface area contributed by atoms with E-state index < -0.39 is 18.0 Å². The average molecular weight is 587 g/mol. The van der Waals surface area contributed by atoms with Gasteiger partial charge in [-0.25, -0.2) is 9.88 Å². The van der Waals surface area contributed by atoms with Gasteiger partial charge in [0.05, 0.1) is 33.8 Å². The fraction of sp³-hybridized carbons (Fsp3) is 0.346. The van der Waals surface area contributed by atoms with E-state index in [-0.39, 0.29) is 17.4 Å². The number of unbranched alkanes of at least 4 members (excludes halogenated alkanes) is 1. The number of ether oxygens (including phenoxy) is 2. The summed E-state index contributed by atoms with van der Waals surface area (Å²) in [4.78, 5) is 30.7. The lowest BCUT2D eigenvalue weighted by atomic mass is 10.0. The molecule has 0 saturated carbocycles. The second kappa shape index (κ2) is 11.5. The van der Waals surface area contributed by atoms with E-state index in [1.807, 2.05) is 19.1 Å². The average Bonchev–Trinajstić information content (AvgIpc) is 2.84. The summed E-state index contributed by atoms with van der Waals surface area (Å²) in [5.41, 5.74) is 2.04. The van der Waals surface area contributed by atoms with Gasteiger partial charge in [-0.3, -0.25) is 9.59 Å². The summed E-state index contributed by atoms with van der Waals surface area (Å²) < 4.78 is 13.2. The Bertz CT molecular complexity index is 1350. The minimum atomic E-state index is -0.814. The van der Waals surface area contributed by atoms with E-state index in [0.717, 1.165) is 18.6 Å². The largest absolute Gasteiger partial charge is 0.854 e. The molecule has 1 aliphatic rings. The highest BCUT2D eigenvalue weighted by atomic mass is 79.9. The third kappa shape index (κ3) is 5.42. The molecule has 2 heterocycles. The zero-order valence-corrected chi connectivity index (χ0v) is 23.4. The van der Waals surface area contributed by atoms with Crippen LogP contribution in [0.25, 0.3) is 11.3 Å². The van der Waals surface area contributed by atoms with Gasteiger partial charge < -0.3 is 14.6 Å². The first-order valence-electron chi connectivity index (χ1n) is 11.9. The monoisotopic (exact) mass is 586 g/mol. The van der Waals surface area contributed by atoms with Crippen molar-refractivity contribution in [2.24, 2.45) is 0 Å². The molecule has 0 saturated heterocycles. The molecule has 194 valence electrons. The predicted molar refractivity (Wildman–Crippen MR) is 141 cm³/mol. The van der Waals surface area contributed by atoms with E-state index in [2.05, 4.69) is 27.8 Å². The first kappa shape index (κ1) is 26.9. The smallest absolute Gasteiger partial charge is 0.308 e. The van der Waals surface area contributed by atoms with Crippen LogP contribution in [0.1, 0.15) is 52.3 Å². The maximum absolute atomic E-state index is 13.4. The Balaban J connectivity index is 1.98. The van der Waals surface area contributed by atoms with Crippen LogP contribution in [0.3, 0.4) is 0 Å². The molecule has 3 aromatic rings. The number of halogens is 1. The molecule has 1 unspecified atom stereocenters. The van der Waals surface area contributed by atoms with Gasteiger partial charge in [-0.1, -0.05) is 41.9 Å². The number of anilines is 1. The summed E-state index contributed by atoms with van der Waals surface area (Å²) in [6, 6.07) is 10.6. The molecule has 9 nitrogen and oxygen atoms in total. The van der Waals surface area contributed by atoms with Crippen molar-refractivity contribution in [3.05, 3.63) is 46.4 Å². The molecule has 0 bridgehead atoms. The number of hydrogen-bond acceptors (Lipinski definition) is 8. The van der Waals surface area contributed by atoms with Crippen molar-refractivity contribution in [3.8, 4) is 28.6 Å². The Kier molecular flexibility index (Phi) is 8.33. The van der Waals surface area contributed by atoms with E-state index in [4.69, 9.17) is 14.6 Å². The van der Waals surface area contributed by atoms with Gasteiger partial charge >= 0.3 is 5.97 Å². The first-order valence-corrected chi connectivity index (χ1v) is 13.7. The molecule has 1 amide bonds. The van der Waals surface area contributed by atoms with E-state index in [9.17, 15) is 14.7 Å². The Hall–Kier alpha value is -3.18. The summed E-state index contributed by atoms with van der Waals surface area (Å²) in [5.74, 6) is 0.167. The normalized spacial score (nSPS) is 14.1. The highest BCUT2D eigenvalue weighted by Gasteiger charge is 2.44. The molecule has 1 atom stereocenters. The second-order valence-corrected chi connectivity index (χ2v) is 10.2. The molecule has 2 aromatic carbocycles. The number of rotatable bonds is 8. The first-order chi connectivity index (χ1) is 17.8. The van der Waals surface area contributed by atoms with Gasteiger partial charge in [-0.05, 0) is 53.5 Å². The number of carbonyl (C=O) groups is 2. The molecule has 37 heavy (non-hydrogen) atoms. The standard InChI is InChI=1S/C26H27BrN4O5S/c1-5-7-12-37-26-28-24(34)22-18-10-8-9-11-20(18)30(15(3)32)25(31(22)29-26)17-13-19(27)23(36-16(4)33)21(14-17)35-6-2/h8-11,13-14,25H,5-7,12H2,1-4H3. The van der Waals surface area contributed by atoms with E-state index in [1.54, 1.807) is 33.8 Å². The van der Waals surface area contributed by atoms with Crippen LogP contribution < -0.4 is 24.2 Å². The van der Waals surface area contributed by atoms with Crippen LogP contribution in [-0.2, 0) is 9.59 Å². The Morgan fingerprint density at radius 2 is 1.97 bits per heavy atom. The fourth-order valence-electron chi connectivity index (χ4n) is 4.19. The number of esters is 1. The predicted octanol–water partition coefficient (Wildman–Crippen LogP) is 4.40. The SMILES string of the molecule is CCCCSc1nc([O-])c2[n+](n1)C(c1cc(Br)c(OC(C)=O)c(OCC)c1)N(C(C)=O)c1ccccc1-2. The van der Waals surface area contributed by atoms with Crippen LogP contribution in [-0.4, -0.2) is 34.3 Å². The highest BCUT2D eigenvalue weighted by Crippen LogP contribution is 2.44. The van der Waals surface area contributed by atoms with Crippen molar-refractivity contribution in [2.75, 3.05) is 17.3 Å². The van der Waals surface area contributed by atoms with Gasteiger partial charge in [0.1, 0.15) is 0 Å². The van der Waals surface area contributed by atoms with Gasteiger partial charge in [0.15, 0.2) is 11.5 Å². The number of thioether (sulfide) groups is 1. The number of hydrogen-bond donors (Lipinski definition) is 0. The van der Waals surface area contributed by atoms with Crippen molar-refractivity contribution in [2.45, 2.75) is 51.9 Å². The molecule has 1 aliphatic heterocycles. The number of carbonyl (C=O) groups excluding carboxylic acids is 2. The maximum Gasteiger partial charge on any atom is 0.308 e. The number of para-hydroxylation sites is 1. The summed E-state index contributed by atoms with van der Waals surface area (Å²) in [7, 11) is 0. The topological polar surface area (TPSA) is 109 Å². The molecule has 0 N–H and O–H groups in total. The van der Waals surface area contributed by atoms with Gasteiger partial charge in [0.2, 0.25) is 5.91 Å². The zero-order valence-electron chi connectivity index (χ0n) is 21.0. The summed E-state index contributed by atoms with van der Waals surface area (Å²) >= 11 is 4.90. The van der Waals surface area contributed by atoms with Crippen LogP contribution >= 0.6 is 27.7 Å². The summed E-state index contributed by atoms with van der Waals surface area (Å²) in [6.45, 7) is 7.01. The Morgan fingerprint density at radius 1 is 1.22 bits per heavy atom. The quantitative estimate of drug-likeness (QED) is 0.126. The molecular weight excluding hydrogens is 560 g/mol. The molecule has 11 heteroatoms. The molecule has 1 aromatic heterocycles. The molecule has 0 spiro atoms. The molecular formula is C26H27BrN4O5S. The van der Waals surface area contributed by atoms with Crippen molar-refractivity contribution in [3.63, 3.8) is 0 Å². The van der Waals surface area contributed by atoms with Crippen LogP contribution in [0.15, 0.2) is 46.0 Å².